The summed E-state index contributed by atoms with van der Waals surface area (Å²) in [4.78, 5) is 13.2. The van der Waals surface area contributed by atoms with Crippen LogP contribution < -0.4 is 5.32 Å². The summed E-state index contributed by atoms with van der Waals surface area (Å²) in [6.07, 6.45) is 3.47. The number of nitrogens with one attached hydrogen (secondary N) is 1. The predicted octanol–water partition coefficient (Wildman–Crippen LogP) is 1.76. The molecule has 0 saturated carbocycles. The monoisotopic (exact) mass is 226 g/mol. The molecule has 0 aromatic carbocycles. The normalized spacial score (nSPS) is 13.8. The van der Waals surface area contributed by atoms with Crippen LogP contribution in [-0.4, -0.2) is 15.0 Å². The van der Waals surface area contributed by atoms with Crippen molar-refractivity contribution in [1.82, 2.24) is 20.3 Å². The van der Waals surface area contributed by atoms with Gasteiger partial charge in [-0.2, -0.15) is 0 Å². The van der Waals surface area contributed by atoms with E-state index in [1.165, 1.54) is 16.7 Å². The van der Waals surface area contributed by atoms with Crippen LogP contribution in [0.1, 0.15) is 22.4 Å². The summed E-state index contributed by atoms with van der Waals surface area (Å²) < 4.78 is 0. The van der Waals surface area contributed by atoms with Crippen LogP contribution in [0.25, 0.3) is 11.4 Å². The zero-order valence-electron chi connectivity index (χ0n) is 9.99. The summed E-state index contributed by atoms with van der Waals surface area (Å²) in [5.41, 5.74) is 6.67. The van der Waals surface area contributed by atoms with Gasteiger partial charge in [-0.1, -0.05) is 0 Å². The number of pyridine rings is 1. The van der Waals surface area contributed by atoms with E-state index in [2.05, 4.69) is 34.1 Å². The molecule has 4 nitrogen and oxygen atoms in total. The fraction of sp³-hybridized carbons (Fsp3) is 0.308. The first kappa shape index (κ1) is 10.4. The van der Waals surface area contributed by atoms with E-state index in [1.54, 1.807) is 6.33 Å². The fourth-order valence-electron chi connectivity index (χ4n) is 2.17. The Labute approximate surface area is 100 Å². The third-order valence-corrected chi connectivity index (χ3v) is 3.33. The van der Waals surface area contributed by atoms with Crippen molar-refractivity contribution >= 4 is 0 Å². The Kier molecular flexibility index (Phi) is 2.37. The topological polar surface area (TPSA) is 50.7 Å². The Morgan fingerprint density at radius 2 is 1.94 bits per heavy atom. The van der Waals surface area contributed by atoms with Gasteiger partial charge in [0.2, 0.25) is 0 Å². The van der Waals surface area contributed by atoms with Crippen LogP contribution in [0.2, 0.25) is 0 Å². The van der Waals surface area contributed by atoms with Crippen molar-refractivity contribution in [3.63, 3.8) is 0 Å². The van der Waals surface area contributed by atoms with Crippen LogP contribution in [-0.2, 0) is 13.1 Å². The average molecular weight is 226 g/mol. The minimum Gasteiger partial charge on any atom is -0.307 e. The third-order valence-electron chi connectivity index (χ3n) is 3.33. The Morgan fingerprint density at radius 1 is 1.06 bits per heavy atom. The largest absolute Gasteiger partial charge is 0.307 e. The van der Waals surface area contributed by atoms with Gasteiger partial charge in [0.25, 0.3) is 0 Å². The lowest BCUT2D eigenvalue weighted by Crippen LogP contribution is -2.01. The lowest BCUT2D eigenvalue weighted by atomic mass is 10.0. The number of aromatic nitrogens is 3. The Bertz CT molecular complexity index is 578. The van der Waals surface area contributed by atoms with Crippen molar-refractivity contribution in [3.8, 4) is 11.4 Å². The molecular weight excluding hydrogens is 212 g/mol. The van der Waals surface area contributed by atoms with Gasteiger partial charge in [-0.25, -0.2) is 9.97 Å². The van der Waals surface area contributed by atoms with E-state index in [9.17, 15) is 0 Å². The van der Waals surface area contributed by atoms with Gasteiger partial charge in [0.15, 0.2) is 0 Å². The number of hydrogen-bond acceptors (Lipinski definition) is 4. The van der Waals surface area contributed by atoms with E-state index < -0.39 is 0 Å². The van der Waals surface area contributed by atoms with Crippen molar-refractivity contribution < 1.29 is 0 Å². The molecule has 2 aromatic heterocycles. The molecular formula is C13H14N4. The summed E-state index contributed by atoms with van der Waals surface area (Å²) in [7, 11) is 0. The maximum Gasteiger partial charge on any atom is 0.116 e. The third kappa shape index (κ3) is 1.61. The molecule has 17 heavy (non-hydrogen) atoms. The molecule has 0 spiro atoms. The maximum absolute atomic E-state index is 4.47. The van der Waals surface area contributed by atoms with E-state index in [0.29, 0.717) is 0 Å². The summed E-state index contributed by atoms with van der Waals surface area (Å²) in [6.45, 7) is 5.85. The van der Waals surface area contributed by atoms with Crippen molar-refractivity contribution in [2.45, 2.75) is 26.9 Å². The van der Waals surface area contributed by atoms with E-state index in [4.69, 9.17) is 0 Å². The zero-order chi connectivity index (χ0) is 11.8. The number of hydrogen-bond donors (Lipinski definition) is 1. The van der Waals surface area contributed by atoms with Crippen LogP contribution in [0.15, 0.2) is 18.6 Å². The van der Waals surface area contributed by atoms with Crippen LogP contribution in [0.3, 0.4) is 0 Å². The molecule has 1 N–H and O–H groups in total. The lowest BCUT2D eigenvalue weighted by Gasteiger charge is -2.09. The summed E-state index contributed by atoms with van der Waals surface area (Å²) in [5, 5.41) is 3.30. The molecule has 0 fully saturated rings. The van der Waals surface area contributed by atoms with Crippen molar-refractivity contribution in [3.05, 3.63) is 41.0 Å². The number of rotatable bonds is 1. The van der Waals surface area contributed by atoms with E-state index >= 15 is 0 Å². The first-order chi connectivity index (χ1) is 8.27. The molecule has 0 atom stereocenters. The van der Waals surface area contributed by atoms with Gasteiger partial charge in [0.1, 0.15) is 6.33 Å². The first-order valence-corrected chi connectivity index (χ1v) is 5.73. The second-order valence-electron chi connectivity index (χ2n) is 4.35. The van der Waals surface area contributed by atoms with Crippen molar-refractivity contribution in [1.29, 1.82) is 0 Å². The van der Waals surface area contributed by atoms with E-state index in [-0.39, 0.29) is 0 Å². The molecule has 0 aliphatic carbocycles. The number of aryl methyl sites for hydroxylation is 1. The van der Waals surface area contributed by atoms with Gasteiger partial charge in [-0.3, -0.25) is 4.98 Å². The number of nitrogens with zero attached hydrogens (tertiary/aromatic N) is 3. The summed E-state index contributed by atoms with van der Waals surface area (Å²) in [5.74, 6) is 0. The van der Waals surface area contributed by atoms with Gasteiger partial charge in [-0.05, 0) is 31.0 Å². The minimum atomic E-state index is 0.829. The molecule has 0 saturated heterocycles. The fourth-order valence-corrected chi connectivity index (χ4v) is 2.17. The van der Waals surface area contributed by atoms with Gasteiger partial charge in [0.05, 0.1) is 17.1 Å². The molecule has 0 amide bonds. The lowest BCUT2D eigenvalue weighted by molar-refractivity contribution is 0.758. The number of fused-ring (bicyclic) bond motifs is 1. The highest BCUT2D eigenvalue weighted by Gasteiger charge is 2.19. The van der Waals surface area contributed by atoms with Gasteiger partial charge >= 0.3 is 0 Å². The smallest absolute Gasteiger partial charge is 0.116 e. The summed E-state index contributed by atoms with van der Waals surface area (Å²) in [6, 6.07) is 2.03. The van der Waals surface area contributed by atoms with Gasteiger partial charge in [0, 0.05) is 24.8 Å². The minimum absolute atomic E-state index is 0.829. The van der Waals surface area contributed by atoms with Crippen LogP contribution in [0, 0.1) is 13.8 Å². The second-order valence-corrected chi connectivity index (χ2v) is 4.35. The van der Waals surface area contributed by atoms with Crippen LogP contribution >= 0.6 is 0 Å². The van der Waals surface area contributed by atoms with Crippen LogP contribution in [0.5, 0.6) is 0 Å². The van der Waals surface area contributed by atoms with Crippen molar-refractivity contribution in [2.24, 2.45) is 0 Å². The molecule has 86 valence electrons. The molecule has 0 radical (unpaired) electrons. The quantitative estimate of drug-likeness (QED) is 0.805. The molecule has 3 rings (SSSR count). The highest BCUT2D eigenvalue weighted by molar-refractivity contribution is 5.64. The summed E-state index contributed by atoms with van der Waals surface area (Å²) >= 11 is 0. The molecule has 1 aliphatic heterocycles. The van der Waals surface area contributed by atoms with Gasteiger partial charge in [-0.15, -0.1) is 0 Å². The average Bonchev–Trinajstić information content (AvgIpc) is 2.81. The predicted molar refractivity (Wildman–Crippen MR) is 65.3 cm³/mol. The standard InChI is InChI=1S/C13H14N4/c1-8-3-4-15-12(9(8)2)13-10-5-14-6-11(10)16-7-17-13/h3-4,7,14H,5-6H2,1-2H3. The molecule has 2 aromatic rings. The maximum atomic E-state index is 4.47. The van der Waals surface area contributed by atoms with Gasteiger partial charge < -0.3 is 5.32 Å². The van der Waals surface area contributed by atoms with E-state index in [1.807, 2.05) is 12.3 Å². The zero-order valence-corrected chi connectivity index (χ0v) is 9.99. The molecule has 4 heteroatoms. The van der Waals surface area contributed by atoms with Crippen molar-refractivity contribution in [2.75, 3.05) is 0 Å². The first-order valence-electron chi connectivity index (χ1n) is 5.73. The highest BCUT2D eigenvalue weighted by atomic mass is 15.0. The molecule has 1 aliphatic rings. The van der Waals surface area contributed by atoms with E-state index in [0.717, 1.165) is 30.2 Å². The Hall–Kier alpha value is -1.81. The Morgan fingerprint density at radius 3 is 2.82 bits per heavy atom. The molecule has 3 heterocycles. The highest BCUT2D eigenvalue weighted by Crippen LogP contribution is 2.27. The van der Waals surface area contributed by atoms with Crippen LogP contribution in [0.4, 0.5) is 0 Å². The second kappa shape index (κ2) is 3.89. The Balaban J connectivity index is 2.23. The molecule has 0 bridgehead atoms. The molecule has 0 unspecified atom stereocenters. The SMILES string of the molecule is Cc1ccnc(-c2ncnc3c2CNC3)c1C.